The van der Waals surface area contributed by atoms with Crippen LogP contribution in [0.5, 0.6) is 0 Å². The number of aromatic nitrogens is 1. The fraction of sp³-hybridized carbons (Fsp3) is 0.450. The lowest BCUT2D eigenvalue weighted by molar-refractivity contribution is -0.128. The Hall–Kier alpha value is -2.27. The number of hydrogen-bond acceptors (Lipinski definition) is 3. The zero-order chi connectivity index (χ0) is 17.1. The quantitative estimate of drug-likeness (QED) is 0.911. The summed E-state index contributed by atoms with van der Waals surface area (Å²) in [7, 11) is 0. The second kappa shape index (κ2) is 7.31. The largest absolute Gasteiger partial charge is 0.369 e. The van der Waals surface area contributed by atoms with Crippen LogP contribution in [0.4, 0.5) is 5.69 Å². The molecule has 0 atom stereocenters. The highest BCUT2D eigenvalue weighted by molar-refractivity contribution is 5.77. The van der Waals surface area contributed by atoms with Gasteiger partial charge in [0, 0.05) is 62.8 Å². The van der Waals surface area contributed by atoms with Crippen LogP contribution >= 0.6 is 0 Å². The van der Waals surface area contributed by atoms with Gasteiger partial charge in [-0.3, -0.25) is 9.69 Å². The summed E-state index contributed by atoms with van der Waals surface area (Å²) in [5.41, 5.74) is 3.71. The summed E-state index contributed by atoms with van der Waals surface area (Å²) in [5.74, 6) is 0.285. The predicted octanol–water partition coefficient (Wildman–Crippen LogP) is 2.46. The van der Waals surface area contributed by atoms with Crippen molar-refractivity contribution < 1.29 is 4.79 Å². The Labute approximate surface area is 149 Å². The van der Waals surface area contributed by atoms with E-state index in [0.29, 0.717) is 6.42 Å². The molecule has 0 aliphatic carbocycles. The Morgan fingerprint density at radius 3 is 2.24 bits per heavy atom. The van der Waals surface area contributed by atoms with E-state index in [-0.39, 0.29) is 5.91 Å². The molecule has 1 aromatic carbocycles. The zero-order valence-electron chi connectivity index (χ0n) is 14.7. The van der Waals surface area contributed by atoms with E-state index in [9.17, 15) is 4.79 Å². The highest BCUT2D eigenvalue weighted by atomic mass is 16.2. The van der Waals surface area contributed by atoms with Crippen molar-refractivity contribution in [3.05, 3.63) is 53.9 Å². The number of piperazine rings is 1. The molecule has 0 bridgehead atoms. The van der Waals surface area contributed by atoms with Crippen molar-refractivity contribution in [2.75, 3.05) is 37.6 Å². The van der Waals surface area contributed by atoms with Gasteiger partial charge >= 0.3 is 0 Å². The maximum absolute atomic E-state index is 11.7. The highest BCUT2D eigenvalue weighted by Gasteiger charge is 2.21. The predicted molar refractivity (Wildman–Crippen MR) is 99.4 cm³/mol. The molecule has 5 nitrogen and oxygen atoms in total. The monoisotopic (exact) mass is 338 g/mol. The molecule has 2 aromatic rings. The van der Waals surface area contributed by atoms with Crippen molar-refractivity contribution in [3.63, 3.8) is 0 Å². The van der Waals surface area contributed by atoms with Crippen LogP contribution in [-0.2, 0) is 17.9 Å². The number of anilines is 1. The Bertz CT molecular complexity index is 703. The number of nitrogens with zero attached hydrogens (tertiary/aromatic N) is 3. The van der Waals surface area contributed by atoms with E-state index < -0.39 is 0 Å². The van der Waals surface area contributed by atoms with Crippen LogP contribution in [0, 0.1) is 0 Å². The third-order valence-electron chi connectivity index (χ3n) is 5.23. The number of carbonyl (C=O) groups is 1. The van der Waals surface area contributed by atoms with Gasteiger partial charge in [-0.1, -0.05) is 18.2 Å². The average Bonchev–Trinajstić information content (AvgIpc) is 3.26. The Balaban J connectivity index is 1.28. The van der Waals surface area contributed by atoms with Gasteiger partial charge in [0.1, 0.15) is 0 Å². The number of H-pyrrole nitrogens is 1. The Morgan fingerprint density at radius 1 is 0.840 bits per heavy atom. The van der Waals surface area contributed by atoms with Crippen molar-refractivity contribution in [2.24, 2.45) is 0 Å². The van der Waals surface area contributed by atoms with Crippen molar-refractivity contribution >= 4 is 11.6 Å². The molecule has 2 aliphatic heterocycles. The van der Waals surface area contributed by atoms with Crippen LogP contribution in [0.2, 0.25) is 0 Å². The molecule has 1 N–H and O–H groups in total. The van der Waals surface area contributed by atoms with Gasteiger partial charge in [-0.2, -0.15) is 0 Å². The van der Waals surface area contributed by atoms with E-state index in [2.05, 4.69) is 57.2 Å². The highest BCUT2D eigenvalue weighted by Crippen LogP contribution is 2.18. The molecule has 25 heavy (non-hydrogen) atoms. The summed E-state index contributed by atoms with van der Waals surface area (Å²) < 4.78 is 0. The molecule has 2 fully saturated rings. The molecule has 0 unspecified atom stereocenters. The normalized spacial score (nSPS) is 19.0. The lowest BCUT2D eigenvalue weighted by Crippen LogP contribution is -2.46. The van der Waals surface area contributed by atoms with Crippen molar-refractivity contribution in [3.8, 4) is 0 Å². The fourth-order valence-electron chi connectivity index (χ4n) is 3.80. The topological polar surface area (TPSA) is 42.6 Å². The lowest BCUT2D eigenvalue weighted by Gasteiger charge is -2.35. The molecule has 2 saturated heterocycles. The number of hydrogen-bond donors (Lipinski definition) is 1. The minimum Gasteiger partial charge on any atom is -0.369 e. The molecule has 0 saturated carbocycles. The second-order valence-corrected chi connectivity index (χ2v) is 7.03. The van der Waals surface area contributed by atoms with Gasteiger partial charge in [0.15, 0.2) is 0 Å². The first-order chi connectivity index (χ1) is 12.3. The number of likely N-dealkylation sites (tertiary alicyclic amines) is 1. The van der Waals surface area contributed by atoms with Crippen LogP contribution in [0.15, 0.2) is 42.5 Å². The van der Waals surface area contributed by atoms with Gasteiger partial charge in [-0.15, -0.1) is 0 Å². The second-order valence-electron chi connectivity index (χ2n) is 7.03. The van der Waals surface area contributed by atoms with Crippen LogP contribution < -0.4 is 4.90 Å². The molecule has 5 heteroatoms. The Kier molecular flexibility index (Phi) is 4.74. The fourth-order valence-corrected chi connectivity index (χ4v) is 3.80. The first-order valence-corrected chi connectivity index (χ1v) is 9.25. The first-order valence-electron chi connectivity index (χ1n) is 9.25. The smallest absolute Gasteiger partial charge is 0.222 e. The third-order valence-corrected chi connectivity index (χ3v) is 5.23. The summed E-state index contributed by atoms with van der Waals surface area (Å²) in [6, 6.07) is 14.9. The Morgan fingerprint density at radius 2 is 1.56 bits per heavy atom. The van der Waals surface area contributed by atoms with E-state index >= 15 is 0 Å². The molecule has 2 aliphatic rings. The van der Waals surface area contributed by atoms with Gasteiger partial charge in [-0.05, 0) is 30.7 Å². The standard InChI is InChI=1S/C20H26N4O/c25-20-7-4-10-24(20)16-18-9-8-17(21-18)15-22-11-13-23(14-12-22)19-5-2-1-3-6-19/h1-3,5-6,8-9,21H,4,7,10-16H2. The van der Waals surface area contributed by atoms with Crippen molar-refractivity contribution in [2.45, 2.75) is 25.9 Å². The summed E-state index contributed by atoms with van der Waals surface area (Å²) in [4.78, 5) is 22.2. The molecule has 1 amide bonds. The van der Waals surface area contributed by atoms with Crippen molar-refractivity contribution in [1.82, 2.24) is 14.8 Å². The number of benzene rings is 1. The summed E-state index contributed by atoms with van der Waals surface area (Å²) in [6.45, 7) is 6.87. The van der Waals surface area contributed by atoms with Gasteiger partial charge in [0.05, 0.1) is 6.54 Å². The van der Waals surface area contributed by atoms with E-state index in [4.69, 9.17) is 0 Å². The summed E-state index contributed by atoms with van der Waals surface area (Å²) in [6.07, 6.45) is 1.71. The van der Waals surface area contributed by atoms with E-state index in [0.717, 1.165) is 57.9 Å². The lowest BCUT2D eigenvalue weighted by atomic mass is 10.2. The minimum absolute atomic E-state index is 0.285. The van der Waals surface area contributed by atoms with Crippen LogP contribution in [0.1, 0.15) is 24.2 Å². The number of nitrogens with one attached hydrogen (secondary N) is 1. The van der Waals surface area contributed by atoms with Gasteiger partial charge in [0.25, 0.3) is 0 Å². The zero-order valence-corrected chi connectivity index (χ0v) is 14.7. The molecule has 0 spiro atoms. The van der Waals surface area contributed by atoms with Crippen LogP contribution in [-0.4, -0.2) is 53.4 Å². The van der Waals surface area contributed by atoms with Gasteiger partial charge in [-0.25, -0.2) is 0 Å². The molecule has 4 rings (SSSR count). The maximum Gasteiger partial charge on any atom is 0.222 e. The number of aromatic amines is 1. The van der Waals surface area contributed by atoms with Gasteiger partial charge < -0.3 is 14.8 Å². The number of para-hydroxylation sites is 1. The molecule has 132 valence electrons. The number of carbonyl (C=O) groups excluding carboxylic acids is 1. The van der Waals surface area contributed by atoms with E-state index in [1.54, 1.807) is 0 Å². The summed E-state index contributed by atoms with van der Waals surface area (Å²) in [5, 5.41) is 0. The number of amides is 1. The molecule has 0 radical (unpaired) electrons. The van der Waals surface area contributed by atoms with Crippen LogP contribution in [0.3, 0.4) is 0 Å². The molecule has 3 heterocycles. The van der Waals surface area contributed by atoms with Crippen LogP contribution in [0.25, 0.3) is 0 Å². The minimum atomic E-state index is 0.285. The molecule has 1 aromatic heterocycles. The maximum atomic E-state index is 11.7. The first kappa shape index (κ1) is 16.2. The third kappa shape index (κ3) is 3.87. The van der Waals surface area contributed by atoms with E-state index in [1.807, 2.05) is 4.90 Å². The SMILES string of the molecule is O=C1CCCN1Cc1ccc(CN2CCN(c3ccccc3)CC2)[nH]1. The van der Waals surface area contributed by atoms with E-state index in [1.165, 1.54) is 11.4 Å². The molecular formula is C20H26N4O. The summed E-state index contributed by atoms with van der Waals surface area (Å²) >= 11 is 0. The average molecular weight is 338 g/mol. The molecular weight excluding hydrogens is 312 g/mol. The van der Waals surface area contributed by atoms with Crippen molar-refractivity contribution in [1.29, 1.82) is 0 Å². The van der Waals surface area contributed by atoms with Gasteiger partial charge in [0.2, 0.25) is 5.91 Å². The number of rotatable bonds is 5.